The van der Waals surface area contributed by atoms with Gasteiger partial charge in [0.1, 0.15) is 0 Å². The molecule has 0 aliphatic heterocycles. The number of carbonyl (C=O) groups excluding carboxylic acids is 1. The van der Waals surface area contributed by atoms with E-state index in [1.807, 2.05) is 0 Å². The maximum Gasteiger partial charge on any atom is 0.416 e. The van der Waals surface area contributed by atoms with Gasteiger partial charge in [0.15, 0.2) is 5.78 Å². The third kappa shape index (κ3) is 5.11. The number of hydrogen-bond donors (Lipinski definition) is 1. The van der Waals surface area contributed by atoms with Crippen molar-refractivity contribution in [3.63, 3.8) is 0 Å². The molecule has 0 unspecified atom stereocenters. The van der Waals surface area contributed by atoms with Crippen molar-refractivity contribution in [2.24, 2.45) is 0 Å². The molecule has 0 saturated heterocycles. The van der Waals surface area contributed by atoms with Crippen LogP contribution in [0.5, 0.6) is 0 Å². The van der Waals surface area contributed by atoms with E-state index in [2.05, 4.69) is 5.32 Å². The molecule has 0 fully saturated rings. The predicted octanol–water partition coefficient (Wildman–Crippen LogP) is 5.92. The van der Waals surface area contributed by atoms with Gasteiger partial charge in [0.05, 0.1) is 11.1 Å². The van der Waals surface area contributed by atoms with Crippen LogP contribution in [0.3, 0.4) is 0 Å². The Labute approximate surface area is 145 Å². The van der Waals surface area contributed by atoms with Crippen LogP contribution in [0.2, 0.25) is 0 Å². The topological polar surface area (TPSA) is 29.1 Å². The standard InChI is InChI=1S/C18H13F6NO/c1-11(7-16(26)12-5-3-2-4-6-12)25-15-9-13(17(19,20)21)8-14(10-15)18(22,23)24/h2-10,25H,1H3/b11-7+. The fourth-order valence-electron chi connectivity index (χ4n) is 2.17. The lowest BCUT2D eigenvalue weighted by atomic mass is 10.1. The summed E-state index contributed by atoms with van der Waals surface area (Å²) in [5.74, 6) is -0.432. The van der Waals surface area contributed by atoms with Gasteiger partial charge in [-0.25, -0.2) is 0 Å². The van der Waals surface area contributed by atoms with E-state index in [9.17, 15) is 31.1 Å². The molecule has 0 aliphatic rings. The lowest BCUT2D eigenvalue weighted by Gasteiger charge is -2.15. The van der Waals surface area contributed by atoms with E-state index in [0.717, 1.165) is 6.08 Å². The van der Waals surface area contributed by atoms with Crippen LogP contribution >= 0.6 is 0 Å². The highest BCUT2D eigenvalue weighted by Gasteiger charge is 2.36. The second kappa shape index (κ2) is 7.23. The molecule has 0 radical (unpaired) electrons. The highest BCUT2D eigenvalue weighted by molar-refractivity contribution is 6.05. The van der Waals surface area contributed by atoms with Gasteiger partial charge in [0, 0.05) is 23.0 Å². The van der Waals surface area contributed by atoms with Crippen molar-refractivity contribution < 1.29 is 31.1 Å². The van der Waals surface area contributed by atoms with E-state index >= 15 is 0 Å². The minimum Gasteiger partial charge on any atom is -0.359 e. The minimum absolute atomic E-state index is 0.0410. The van der Waals surface area contributed by atoms with Crippen LogP contribution in [0.15, 0.2) is 60.3 Å². The van der Waals surface area contributed by atoms with Crippen LogP contribution in [0.25, 0.3) is 0 Å². The average Bonchev–Trinajstić information content (AvgIpc) is 2.53. The SMILES string of the molecule is C/C(=C\C(=O)c1ccccc1)Nc1cc(C(F)(F)F)cc(C(F)(F)F)c1. The van der Waals surface area contributed by atoms with Gasteiger partial charge < -0.3 is 5.32 Å². The van der Waals surface area contributed by atoms with Gasteiger partial charge >= 0.3 is 12.4 Å². The Bertz CT molecular complexity index is 790. The van der Waals surface area contributed by atoms with Gasteiger partial charge in [-0.1, -0.05) is 30.3 Å². The molecule has 26 heavy (non-hydrogen) atoms. The fraction of sp³-hybridized carbons (Fsp3) is 0.167. The zero-order chi connectivity index (χ0) is 19.5. The Hall–Kier alpha value is -2.77. The summed E-state index contributed by atoms with van der Waals surface area (Å²) in [6.45, 7) is 1.37. The molecule has 0 amide bonds. The quantitative estimate of drug-likeness (QED) is 0.409. The third-order valence-electron chi connectivity index (χ3n) is 3.34. The highest BCUT2D eigenvalue weighted by atomic mass is 19.4. The van der Waals surface area contributed by atoms with Crippen LogP contribution in [-0.4, -0.2) is 5.78 Å². The van der Waals surface area contributed by atoms with Gasteiger partial charge in [-0.2, -0.15) is 26.3 Å². The fourth-order valence-corrected chi connectivity index (χ4v) is 2.17. The van der Waals surface area contributed by atoms with Crippen LogP contribution in [0, 0.1) is 0 Å². The smallest absolute Gasteiger partial charge is 0.359 e. The van der Waals surface area contributed by atoms with Gasteiger partial charge in [-0.3, -0.25) is 4.79 Å². The number of alkyl halides is 6. The molecule has 2 aromatic rings. The summed E-state index contributed by atoms with van der Waals surface area (Å²) in [6.07, 6.45) is -8.77. The third-order valence-corrected chi connectivity index (χ3v) is 3.34. The number of rotatable bonds is 4. The number of ketones is 1. The van der Waals surface area contributed by atoms with Crippen molar-refractivity contribution in [1.82, 2.24) is 0 Å². The molecule has 0 bridgehead atoms. The summed E-state index contributed by atoms with van der Waals surface area (Å²) in [6, 6.07) is 9.19. The van der Waals surface area contributed by atoms with Gasteiger partial charge in [-0.15, -0.1) is 0 Å². The number of allylic oxidation sites excluding steroid dienone is 2. The van der Waals surface area contributed by atoms with E-state index in [0.29, 0.717) is 17.7 Å². The summed E-state index contributed by atoms with van der Waals surface area (Å²) in [7, 11) is 0. The minimum atomic E-state index is -4.94. The molecule has 0 spiro atoms. The van der Waals surface area contributed by atoms with E-state index in [4.69, 9.17) is 0 Å². The van der Waals surface area contributed by atoms with Crippen molar-refractivity contribution in [3.8, 4) is 0 Å². The number of anilines is 1. The zero-order valence-electron chi connectivity index (χ0n) is 13.4. The Morgan fingerprint density at radius 2 is 1.38 bits per heavy atom. The molecule has 0 aromatic heterocycles. The Kier molecular flexibility index (Phi) is 5.44. The van der Waals surface area contributed by atoms with E-state index < -0.39 is 35.0 Å². The maximum absolute atomic E-state index is 12.8. The molecule has 0 saturated carbocycles. The van der Waals surface area contributed by atoms with E-state index in [1.165, 1.54) is 19.1 Å². The van der Waals surface area contributed by atoms with Gasteiger partial charge in [-0.05, 0) is 25.1 Å². The van der Waals surface area contributed by atoms with Crippen LogP contribution in [0.4, 0.5) is 32.0 Å². The second-order valence-electron chi connectivity index (χ2n) is 5.48. The molecule has 2 nitrogen and oxygen atoms in total. The first-order valence-electron chi connectivity index (χ1n) is 7.31. The zero-order valence-corrected chi connectivity index (χ0v) is 13.4. The van der Waals surface area contributed by atoms with E-state index in [-0.39, 0.29) is 11.8 Å². The summed E-state index contributed by atoms with van der Waals surface area (Å²) >= 11 is 0. The van der Waals surface area contributed by atoms with Crippen molar-refractivity contribution in [2.75, 3.05) is 5.32 Å². The maximum atomic E-state index is 12.8. The largest absolute Gasteiger partial charge is 0.416 e. The molecule has 2 rings (SSSR count). The van der Waals surface area contributed by atoms with Gasteiger partial charge in [0.25, 0.3) is 0 Å². The monoisotopic (exact) mass is 373 g/mol. The highest BCUT2D eigenvalue weighted by Crippen LogP contribution is 2.37. The van der Waals surface area contributed by atoms with Crippen molar-refractivity contribution in [3.05, 3.63) is 77.0 Å². The number of benzene rings is 2. The van der Waals surface area contributed by atoms with Crippen LogP contribution < -0.4 is 5.32 Å². The van der Waals surface area contributed by atoms with Crippen molar-refractivity contribution in [1.29, 1.82) is 0 Å². The summed E-state index contributed by atoms with van der Waals surface area (Å²) in [5.41, 5.74) is -2.84. The van der Waals surface area contributed by atoms with Crippen molar-refractivity contribution in [2.45, 2.75) is 19.3 Å². The predicted molar refractivity (Wildman–Crippen MR) is 84.6 cm³/mol. The number of nitrogens with one attached hydrogen (secondary N) is 1. The summed E-state index contributed by atoms with van der Waals surface area (Å²) in [4.78, 5) is 12.0. The Balaban J connectivity index is 2.33. The van der Waals surface area contributed by atoms with Crippen LogP contribution in [0.1, 0.15) is 28.4 Å². The van der Waals surface area contributed by atoms with E-state index in [1.54, 1.807) is 18.2 Å². The second-order valence-corrected chi connectivity index (χ2v) is 5.48. The lowest BCUT2D eigenvalue weighted by Crippen LogP contribution is -2.12. The lowest BCUT2D eigenvalue weighted by molar-refractivity contribution is -0.143. The Morgan fingerprint density at radius 3 is 1.85 bits per heavy atom. The first-order chi connectivity index (χ1) is 12.0. The number of halogens is 6. The number of hydrogen-bond acceptors (Lipinski definition) is 2. The van der Waals surface area contributed by atoms with Crippen LogP contribution in [-0.2, 0) is 12.4 Å². The van der Waals surface area contributed by atoms with Gasteiger partial charge in [0.2, 0.25) is 0 Å². The number of carbonyl (C=O) groups is 1. The molecular weight excluding hydrogens is 360 g/mol. The molecule has 0 heterocycles. The Morgan fingerprint density at radius 1 is 0.885 bits per heavy atom. The molecule has 0 aliphatic carbocycles. The summed E-state index contributed by atoms with van der Waals surface area (Å²) in [5, 5.41) is 2.41. The molecule has 138 valence electrons. The summed E-state index contributed by atoms with van der Waals surface area (Å²) < 4.78 is 77.0. The van der Waals surface area contributed by atoms with Crippen molar-refractivity contribution >= 4 is 11.5 Å². The molecule has 8 heteroatoms. The molecular formula is C18H13F6NO. The molecule has 2 aromatic carbocycles. The normalized spacial score (nSPS) is 12.8. The molecule has 1 N–H and O–H groups in total. The molecule has 0 atom stereocenters. The first-order valence-corrected chi connectivity index (χ1v) is 7.31. The average molecular weight is 373 g/mol. The first kappa shape index (κ1) is 19.6.